The topological polar surface area (TPSA) is 49.6 Å². The van der Waals surface area contributed by atoms with Gasteiger partial charge in [-0.1, -0.05) is 41.9 Å². The van der Waals surface area contributed by atoms with Gasteiger partial charge in [0, 0.05) is 24.1 Å². The third kappa shape index (κ3) is 4.34. The zero-order valence-electron chi connectivity index (χ0n) is 14.4. The Morgan fingerprint density at radius 3 is 2.52 bits per heavy atom. The van der Waals surface area contributed by atoms with Crippen molar-refractivity contribution in [2.75, 3.05) is 32.7 Å². The Kier molecular flexibility index (Phi) is 6.23. The summed E-state index contributed by atoms with van der Waals surface area (Å²) < 4.78 is 0.991. The molecule has 5 heteroatoms. The molecule has 1 aliphatic rings. The van der Waals surface area contributed by atoms with E-state index >= 15 is 0 Å². The van der Waals surface area contributed by atoms with E-state index in [0.717, 1.165) is 49.2 Å². The van der Waals surface area contributed by atoms with Crippen molar-refractivity contribution >= 4 is 21.8 Å². The summed E-state index contributed by atoms with van der Waals surface area (Å²) in [5, 5.41) is 0. The number of amides is 1. The predicted octanol–water partition coefficient (Wildman–Crippen LogP) is 2.81. The van der Waals surface area contributed by atoms with Crippen LogP contribution >= 0.6 is 15.9 Å². The van der Waals surface area contributed by atoms with Gasteiger partial charge in [-0.2, -0.15) is 0 Å². The van der Waals surface area contributed by atoms with Gasteiger partial charge in [0.1, 0.15) is 5.54 Å². The molecule has 0 aliphatic carbocycles. The molecule has 1 saturated heterocycles. The van der Waals surface area contributed by atoms with Gasteiger partial charge in [0.15, 0.2) is 0 Å². The van der Waals surface area contributed by atoms with Crippen LogP contribution in [-0.2, 0) is 10.3 Å². The highest BCUT2D eigenvalue weighted by molar-refractivity contribution is 9.10. The fourth-order valence-corrected chi connectivity index (χ4v) is 3.53. The molecule has 0 saturated carbocycles. The SMILES string of the molecule is CCN(CC)CC1CCN(C(=O)C(C)(N)c2ccc(Br)cc2)C1. The van der Waals surface area contributed by atoms with E-state index in [2.05, 4.69) is 34.7 Å². The van der Waals surface area contributed by atoms with Crippen LogP contribution in [0, 0.1) is 5.92 Å². The van der Waals surface area contributed by atoms with E-state index in [-0.39, 0.29) is 5.91 Å². The Morgan fingerprint density at radius 1 is 1.35 bits per heavy atom. The van der Waals surface area contributed by atoms with Crippen LogP contribution < -0.4 is 5.73 Å². The minimum Gasteiger partial charge on any atom is -0.340 e. The molecule has 1 aromatic rings. The summed E-state index contributed by atoms with van der Waals surface area (Å²) in [6, 6.07) is 7.71. The van der Waals surface area contributed by atoms with Gasteiger partial charge in [-0.3, -0.25) is 4.79 Å². The average molecular weight is 382 g/mol. The zero-order valence-corrected chi connectivity index (χ0v) is 16.0. The molecule has 2 atom stereocenters. The van der Waals surface area contributed by atoms with Crippen LogP contribution in [0.15, 0.2) is 28.7 Å². The molecule has 23 heavy (non-hydrogen) atoms. The molecular weight excluding hydrogens is 354 g/mol. The standard InChI is InChI=1S/C18H28BrN3O/c1-4-21(5-2)12-14-10-11-22(13-14)17(23)18(3,20)15-6-8-16(19)9-7-15/h6-9,14H,4-5,10-13,20H2,1-3H3. The summed E-state index contributed by atoms with van der Waals surface area (Å²) in [4.78, 5) is 17.3. The second-order valence-electron chi connectivity index (χ2n) is 6.60. The molecule has 0 radical (unpaired) electrons. The van der Waals surface area contributed by atoms with Crippen LogP contribution in [0.2, 0.25) is 0 Å². The Balaban J connectivity index is 2.01. The number of hydrogen-bond donors (Lipinski definition) is 1. The second kappa shape index (κ2) is 7.77. The molecule has 2 unspecified atom stereocenters. The monoisotopic (exact) mass is 381 g/mol. The minimum atomic E-state index is -0.967. The van der Waals surface area contributed by atoms with Gasteiger partial charge in [0.2, 0.25) is 5.91 Å². The maximum absolute atomic E-state index is 12.9. The van der Waals surface area contributed by atoms with E-state index < -0.39 is 5.54 Å². The Labute approximate surface area is 148 Å². The fraction of sp³-hybridized carbons (Fsp3) is 0.611. The molecule has 2 N–H and O–H groups in total. The van der Waals surface area contributed by atoms with Crippen molar-refractivity contribution in [2.45, 2.75) is 32.7 Å². The van der Waals surface area contributed by atoms with Crippen LogP contribution in [0.1, 0.15) is 32.8 Å². The first-order valence-corrected chi connectivity index (χ1v) is 9.24. The molecule has 1 amide bonds. The first-order chi connectivity index (χ1) is 10.9. The number of nitrogens with two attached hydrogens (primary N) is 1. The highest BCUT2D eigenvalue weighted by Gasteiger charge is 2.37. The maximum Gasteiger partial charge on any atom is 0.246 e. The largest absolute Gasteiger partial charge is 0.340 e. The van der Waals surface area contributed by atoms with E-state index in [4.69, 9.17) is 5.73 Å². The van der Waals surface area contributed by atoms with E-state index in [0.29, 0.717) is 5.92 Å². The molecule has 0 aromatic heterocycles. The summed E-state index contributed by atoms with van der Waals surface area (Å²) in [6.07, 6.45) is 1.07. The number of carbonyl (C=O) groups excluding carboxylic acids is 1. The molecule has 2 rings (SSSR count). The molecule has 128 valence electrons. The zero-order chi connectivity index (χ0) is 17.0. The Hall–Kier alpha value is -0.910. The molecule has 4 nitrogen and oxygen atoms in total. The minimum absolute atomic E-state index is 0.0295. The van der Waals surface area contributed by atoms with Crippen molar-refractivity contribution in [2.24, 2.45) is 11.7 Å². The molecular formula is C18H28BrN3O. The van der Waals surface area contributed by atoms with E-state index in [9.17, 15) is 4.79 Å². The maximum atomic E-state index is 12.9. The highest BCUT2D eigenvalue weighted by Crippen LogP contribution is 2.26. The average Bonchev–Trinajstić information content (AvgIpc) is 3.00. The summed E-state index contributed by atoms with van der Waals surface area (Å²) in [7, 11) is 0. The van der Waals surface area contributed by atoms with Crippen LogP contribution in [0.5, 0.6) is 0 Å². The third-order valence-electron chi connectivity index (χ3n) is 4.87. The van der Waals surface area contributed by atoms with Gasteiger partial charge in [0.05, 0.1) is 0 Å². The number of benzene rings is 1. The number of nitrogens with zero attached hydrogens (tertiary/aromatic N) is 2. The lowest BCUT2D eigenvalue weighted by Gasteiger charge is -2.30. The summed E-state index contributed by atoms with van der Waals surface area (Å²) in [5.41, 5.74) is 6.29. The molecule has 1 aliphatic heterocycles. The third-order valence-corrected chi connectivity index (χ3v) is 5.40. The lowest BCUT2D eigenvalue weighted by molar-refractivity contribution is -0.135. The van der Waals surface area contributed by atoms with Crippen LogP contribution in [0.25, 0.3) is 0 Å². The van der Waals surface area contributed by atoms with Gasteiger partial charge in [-0.05, 0) is 50.0 Å². The van der Waals surface area contributed by atoms with Gasteiger partial charge >= 0.3 is 0 Å². The number of halogens is 1. The van der Waals surface area contributed by atoms with Gasteiger partial charge < -0.3 is 15.5 Å². The van der Waals surface area contributed by atoms with Gasteiger partial charge in [-0.15, -0.1) is 0 Å². The number of rotatable bonds is 6. The van der Waals surface area contributed by atoms with Gasteiger partial charge in [0.25, 0.3) is 0 Å². The van der Waals surface area contributed by atoms with E-state index in [1.165, 1.54) is 0 Å². The van der Waals surface area contributed by atoms with Crippen molar-refractivity contribution in [3.63, 3.8) is 0 Å². The quantitative estimate of drug-likeness (QED) is 0.823. The van der Waals surface area contributed by atoms with Crippen molar-refractivity contribution in [3.05, 3.63) is 34.3 Å². The molecule has 0 spiro atoms. The summed E-state index contributed by atoms with van der Waals surface area (Å²) in [6.45, 7) is 11.0. The molecule has 1 fully saturated rings. The fourth-order valence-electron chi connectivity index (χ4n) is 3.26. The highest BCUT2D eigenvalue weighted by atomic mass is 79.9. The lowest BCUT2D eigenvalue weighted by atomic mass is 9.91. The molecule has 0 bridgehead atoms. The number of carbonyl (C=O) groups is 1. The predicted molar refractivity (Wildman–Crippen MR) is 98.2 cm³/mol. The molecule has 1 heterocycles. The smallest absolute Gasteiger partial charge is 0.246 e. The Morgan fingerprint density at radius 2 is 1.96 bits per heavy atom. The lowest BCUT2D eigenvalue weighted by Crippen LogP contribution is -2.50. The van der Waals surface area contributed by atoms with E-state index in [1.807, 2.05) is 36.1 Å². The summed E-state index contributed by atoms with van der Waals surface area (Å²) >= 11 is 3.42. The van der Waals surface area contributed by atoms with Crippen molar-refractivity contribution in [1.82, 2.24) is 9.80 Å². The van der Waals surface area contributed by atoms with Crippen molar-refractivity contribution in [1.29, 1.82) is 0 Å². The number of hydrogen-bond acceptors (Lipinski definition) is 3. The van der Waals surface area contributed by atoms with E-state index in [1.54, 1.807) is 0 Å². The van der Waals surface area contributed by atoms with Crippen molar-refractivity contribution < 1.29 is 4.79 Å². The first-order valence-electron chi connectivity index (χ1n) is 8.45. The van der Waals surface area contributed by atoms with Crippen LogP contribution in [0.3, 0.4) is 0 Å². The second-order valence-corrected chi connectivity index (χ2v) is 7.52. The van der Waals surface area contributed by atoms with Crippen molar-refractivity contribution in [3.8, 4) is 0 Å². The molecule has 1 aromatic carbocycles. The normalized spacial score (nSPS) is 20.8. The number of likely N-dealkylation sites (tertiary alicyclic amines) is 1. The van der Waals surface area contributed by atoms with Crippen LogP contribution in [0.4, 0.5) is 0 Å². The summed E-state index contributed by atoms with van der Waals surface area (Å²) in [5.74, 6) is 0.585. The van der Waals surface area contributed by atoms with Gasteiger partial charge in [-0.25, -0.2) is 0 Å². The van der Waals surface area contributed by atoms with Crippen LogP contribution in [-0.4, -0.2) is 48.4 Å². The Bertz CT molecular complexity index is 526. The first kappa shape index (κ1) is 18.4.